The van der Waals surface area contributed by atoms with E-state index in [9.17, 15) is 26.4 Å². The third-order valence-corrected chi connectivity index (χ3v) is 6.57. The number of hydrogen-bond acceptors (Lipinski definition) is 4. The first-order valence-corrected chi connectivity index (χ1v) is 10.7. The molecule has 2 aromatic carbocycles. The van der Waals surface area contributed by atoms with E-state index in [4.69, 9.17) is 0 Å². The minimum atomic E-state index is -4.62. The fourth-order valence-electron chi connectivity index (χ4n) is 3.15. The van der Waals surface area contributed by atoms with Crippen molar-refractivity contribution in [3.8, 4) is 0 Å². The van der Waals surface area contributed by atoms with Gasteiger partial charge in [-0.3, -0.25) is 4.79 Å². The second kappa shape index (κ2) is 8.54. The molecule has 0 spiro atoms. The number of amides is 1. The number of sulfone groups is 1. The standard InChI is InChI=1S/C20H21F3N2O3S/c21-20(22,23)15-4-3-5-17(12-15)29(27,28)16-9-7-14(8-10-16)13-25-19(26)18-6-1-2-11-24-18/h3-5,7-10,12,18,24H,1-2,6,11,13H2,(H,25,26)/t18-/m0/s1. The van der Waals surface area contributed by atoms with Gasteiger partial charge in [-0.05, 0) is 55.3 Å². The summed E-state index contributed by atoms with van der Waals surface area (Å²) in [7, 11) is -4.08. The Morgan fingerprint density at radius 3 is 2.41 bits per heavy atom. The van der Waals surface area contributed by atoms with Gasteiger partial charge in [-0.1, -0.05) is 24.6 Å². The number of alkyl halides is 3. The van der Waals surface area contributed by atoms with Gasteiger partial charge in [-0.15, -0.1) is 0 Å². The van der Waals surface area contributed by atoms with Gasteiger partial charge in [-0.2, -0.15) is 13.2 Å². The first-order valence-electron chi connectivity index (χ1n) is 9.20. The molecule has 2 N–H and O–H groups in total. The first-order chi connectivity index (χ1) is 13.7. The molecule has 5 nitrogen and oxygen atoms in total. The fraction of sp³-hybridized carbons (Fsp3) is 0.350. The van der Waals surface area contributed by atoms with Gasteiger partial charge in [0.2, 0.25) is 15.7 Å². The van der Waals surface area contributed by atoms with Gasteiger partial charge < -0.3 is 10.6 Å². The maximum Gasteiger partial charge on any atom is 0.416 e. The van der Waals surface area contributed by atoms with Crippen LogP contribution in [0.25, 0.3) is 0 Å². The molecule has 29 heavy (non-hydrogen) atoms. The Bertz CT molecular complexity index is 967. The van der Waals surface area contributed by atoms with Crippen LogP contribution in [0.4, 0.5) is 13.2 Å². The van der Waals surface area contributed by atoms with Crippen molar-refractivity contribution in [3.05, 3.63) is 59.7 Å². The molecule has 0 bridgehead atoms. The highest BCUT2D eigenvalue weighted by Gasteiger charge is 2.32. The molecule has 0 saturated carbocycles. The zero-order valence-corrected chi connectivity index (χ0v) is 16.3. The van der Waals surface area contributed by atoms with E-state index in [1.165, 1.54) is 24.3 Å². The van der Waals surface area contributed by atoms with Crippen LogP contribution in [0.15, 0.2) is 58.3 Å². The van der Waals surface area contributed by atoms with Gasteiger partial charge in [-0.25, -0.2) is 8.42 Å². The van der Waals surface area contributed by atoms with Crippen molar-refractivity contribution < 1.29 is 26.4 Å². The SMILES string of the molecule is O=C(NCc1ccc(S(=O)(=O)c2cccc(C(F)(F)F)c2)cc1)[C@@H]1CCCCN1. The predicted octanol–water partition coefficient (Wildman–Crippen LogP) is 3.30. The lowest BCUT2D eigenvalue weighted by molar-refractivity contribution is -0.137. The number of hydrogen-bond donors (Lipinski definition) is 2. The van der Waals surface area contributed by atoms with Gasteiger partial charge >= 0.3 is 6.18 Å². The predicted molar refractivity (Wildman–Crippen MR) is 101 cm³/mol. The molecule has 1 atom stereocenters. The van der Waals surface area contributed by atoms with Crippen LogP contribution in [0.1, 0.15) is 30.4 Å². The average Bonchev–Trinajstić information content (AvgIpc) is 2.72. The van der Waals surface area contributed by atoms with Crippen molar-refractivity contribution in [1.29, 1.82) is 0 Å². The molecule has 156 valence electrons. The van der Waals surface area contributed by atoms with Crippen LogP contribution in [0, 0.1) is 0 Å². The number of carbonyl (C=O) groups excluding carboxylic acids is 1. The summed E-state index contributed by atoms with van der Waals surface area (Å²) in [5, 5.41) is 5.95. The molecule has 1 aliphatic heterocycles. The molecule has 9 heteroatoms. The normalized spacial score (nSPS) is 17.7. The molecule has 1 aliphatic rings. The number of piperidine rings is 1. The summed E-state index contributed by atoms with van der Waals surface area (Å²) < 4.78 is 63.9. The Morgan fingerprint density at radius 2 is 1.79 bits per heavy atom. The highest BCUT2D eigenvalue weighted by atomic mass is 32.2. The summed E-state index contributed by atoms with van der Waals surface area (Å²) in [4.78, 5) is 11.6. The van der Waals surface area contributed by atoms with Crippen molar-refractivity contribution in [2.24, 2.45) is 0 Å². The van der Waals surface area contributed by atoms with Crippen molar-refractivity contribution in [2.75, 3.05) is 6.54 Å². The number of nitrogens with one attached hydrogen (secondary N) is 2. The lowest BCUT2D eigenvalue weighted by atomic mass is 10.0. The Labute approximate surface area is 167 Å². The monoisotopic (exact) mass is 426 g/mol. The topological polar surface area (TPSA) is 75.3 Å². The summed E-state index contributed by atoms with van der Waals surface area (Å²) in [5.41, 5.74) is -0.327. The molecule has 0 aromatic heterocycles. The van der Waals surface area contributed by atoms with Gasteiger partial charge in [0.1, 0.15) is 0 Å². The lowest BCUT2D eigenvalue weighted by Crippen LogP contribution is -2.46. The van der Waals surface area contributed by atoms with E-state index in [1.54, 1.807) is 0 Å². The lowest BCUT2D eigenvalue weighted by Gasteiger charge is -2.22. The molecule has 1 saturated heterocycles. The third-order valence-electron chi connectivity index (χ3n) is 4.80. The van der Waals surface area contributed by atoms with E-state index in [2.05, 4.69) is 10.6 Å². The first kappa shape index (κ1) is 21.3. The molecule has 3 rings (SSSR count). The average molecular weight is 426 g/mol. The molecular formula is C20H21F3N2O3S. The van der Waals surface area contributed by atoms with Gasteiger partial charge in [0, 0.05) is 6.54 Å². The molecule has 0 aliphatic carbocycles. The highest BCUT2D eigenvalue weighted by Crippen LogP contribution is 2.32. The van der Waals surface area contributed by atoms with Crippen LogP contribution in [-0.2, 0) is 27.4 Å². The maximum atomic E-state index is 12.9. The van der Waals surface area contributed by atoms with Crippen molar-refractivity contribution >= 4 is 15.7 Å². The van der Waals surface area contributed by atoms with Crippen molar-refractivity contribution in [3.63, 3.8) is 0 Å². The molecular weight excluding hydrogens is 405 g/mol. The van der Waals surface area contributed by atoms with E-state index >= 15 is 0 Å². The summed E-state index contributed by atoms with van der Waals surface area (Å²) in [6.45, 7) is 1.04. The second-order valence-electron chi connectivity index (χ2n) is 6.89. The van der Waals surface area contributed by atoms with Crippen LogP contribution in [0.2, 0.25) is 0 Å². The minimum Gasteiger partial charge on any atom is -0.351 e. The molecule has 1 fully saturated rings. The van der Waals surface area contributed by atoms with E-state index < -0.39 is 26.5 Å². The Kier molecular flexibility index (Phi) is 6.28. The van der Waals surface area contributed by atoms with E-state index in [-0.39, 0.29) is 23.4 Å². The minimum absolute atomic E-state index is 0.106. The number of carbonyl (C=O) groups is 1. The van der Waals surface area contributed by atoms with Gasteiger partial charge in [0.05, 0.1) is 21.4 Å². The smallest absolute Gasteiger partial charge is 0.351 e. The molecule has 1 heterocycles. The quantitative estimate of drug-likeness (QED) is 0.770. The number of benzene rings is 2. The van der Waals surface area contributed by atoms with Crippen LogP contribution in [0.3, 0.4) is 0 Å². The van der Waals surface area contributed by atoms with Crippen molar-refractivity contribution in [2.45, 2.75) is 47.8 Å². The highest BCUT2D eigenvalue weighted by molar-refractivity contribution is 7.91. The third kappa shape index (κ3) is 5.16. The Hall–Kier alpha value is -2.39. The van der Waals surface area contributed by atoms with Crippen LogP contribution in [0.5, 0.6) is 0 Å². The number of rotatable bonds is 5. The number of halogens is 3. The van der Waals surface area contributed by atoms with Gasteiger partial charge in [0.15, 0.2) is 0 Å². The molecule has 0 unspecified atom stereocenters. The summed E-state index contributed by atoms with van der Waals surface area (Å²) >= 11 is 0. The van der Waals surface area contributed by atoms with E-state index in [0.717, 1.165) is 44.0 Å². The zero-order chi connectivity index (χ0) is 21.1. The summed E-state index contributed by atoms with van der Waals surface area (Å²) in [5.74, 6) is -0.106. The Balaban J connectivity index is 1.70. The molecule has 1 amide bonds. The molecule has 0 radical (unpaired) electrons. The zero-order valence-electron chi connectivity index (χ0n) is 15.5. The molecule has 2 aromatic rings. The van der Waals surface area contributed by atoms with Crippen LogP contribution in [-0.4, -0.2) is 26.9 Å². The maximum absolute atomic E-state index is 12.9. The Morgan fingerprint density at radius 1 is 1.07 bits per heavy atom. The van der Waals surface area contributed by atoms with E-state index in [0.29, 0.717) is 11.6 Å². The van der Waals surface area contributed by atoms with Crippen molar-refractivity contribution in [1.82, 2.24) is 10.6 Å². The summed E-state index contributed by atoms with van der Waals surface area (Å²) in [6, 6.07) is 9.17. The fourth-order valence-corrected chi connectivity index (χ4v) is 4.46. The summed E-state index contributed by atoms with van der Waals surface area (Å²) in [6.07, 6.45) is -1.81. The van der Waals surface area contributed by atoms with Gasteiger partial charge in [0.25, 0.3) is 0 Å². The van der Waals surface area contributed by atoms with E-state index in [1.807, 2.05) is 0 Å². The second-order valence-corrected chi connectivity index (χ2v) is 8.84. The van der Waals surface area contributed by atoms with Crippen LogP contribution < -0.4 is 10.6 Å². The largest absolute Gasteiger partial charge is 0.416 e. The van der Waals surface area contributed by atoms with Crippen LogP contribution >= 0.6 is 0 Å².